The van der Waals surface area contributed by atoms with Crippen LogP contribution in [0.2, 0.25) is 0 Å². The lowest BCUT2D eigenvalue weighted by molar-refractivity contribution is 0.173. The van der Waals surface area contributed by atoms with Crippen LogP contribution < -0.4 is 23.5 Å². The van der Waals surface area contributed by atoms with Crippen molar-refractivity contribution >= 4 is 7.60 Å². The van der Waals surface area contributed by atoms with Crippen LogP contribution in [0, 0.1) is 0 Å². The zero-order valence-electron chi connectivity index (χ0n) is 13.1. The van der Waals surface area contributed by atoms with Gasteiger partial charge in [0.05, 0.1) is 0 Å². The first kappa shape index (κ1) is 15.2. The Morgan fingerprint density at radius 1 is 0.917 bits per heavy atom. The van der Waals surface area contributed by atoms with Crippen LogP contribution in [-0.4, -0.2) is 27.4 Å². The number of hydrogen-bond acceptors (Lipinski definition) is 7. The average molecular weight is 350 g/mol. The predicted molar refractivity (Wildman–Crippen MR) is 85.3 cm³/mol. The molecule has 0 spiro atoms. The van der Waals surface area contributed by atoms with Crippen LogP contribution >= 0.6 is 7.60 Å². The quantitative estimate of drug-likeness (QED) is 0.779. The molecule has 0 saturated carbocycles. The normalized spacial score (nSPS) is 16.8. The molecule has 0 N–H and O–H groups in total. The zero-order valence-corrected chi connectivity index (χ0v) is 14.0. The maximum atomic E-state index is 12.3. The lowest BCUT2D eigenvalue weighted by Gasteiger charge is -2.17. The predicted octanol–water partition coefficient (Wildman–Crippen LogP) is 3.66. The Morgan fingerprint density at radius 2 is 1.54 bits per heavy atom. The summed E-state index contributed by atoms with van der Waals surface area (Å²) in [4.78, 5) is 0. The number of ether oxygens (including phenoxy) is 4. The minimum atomic E-state index is -3.24. The van der Waals surface area contributed by atoms with E-state index >= 15 is 0 Å². The Bertz CT molecular complexity index is 849. The SMILES string of the molecule is COP(C)(=O)Oc1cc2c(cc1-c1ccc3c(c1)OCO3)OCO2. The molecule has 0 radical (unpaired) electrons. The van der Waals surface area contributed by atoms with Gasteiger partial charge in [0.15, 0.2) is 23.0 Å². The van der Waals surface area contributed by atoms with Crippen molar-refractivity contribution in [3.8, 4) is 39.9 Å². The van der Waals surface area contributed by atoms with Crippen molar-refractivity contribution in [2.75, 3.05) is 27.4 Å². The van der Waals surface area contributed by atoms with E-state index in [1.165, 1.54) is 13.8 Å². The lowest BCUT2D eigenvalue weighted by Crippen LogP contribution is -1.95. The van der Waals surface area contributed by atoms with Crippen LogP contribution in [0.25, 0.3) is 11.1 Å². The molecule has 126 valence electrons. The van der Waals surface area contributed by atoms with Crippen LogP contribution in [0.4, 0.5) is 0 Å². The van der Waals surface area contributed by atoms with E-state index in [9.17, 15) is 4.57 Å². The fraction of sp³-hybridized carbons (Fsp3) is 0.250. The average Bonchev–Trinajstić information content (AvgIpc) is 3.21. The van der Waals surface area contributed by atoms with Gasteiger partial charge >= 0.3 is 7.60 Å². The molecule has 4 rings (SSSR count). The van der Waals surface area contributed by atoms with Crippen LogP contribution in [0.15, 0.2) is 30.3 Å². The van der Waals surface area contributed by atoms with Gasteiger partial charge in [-0.15, -0.1) is 0 Å². The van der Waals surface area contributed by atoms with Gasteiger partial charge in [0.2, 0.25) is 13.6 Å². The van der Waals surface area contributed by atoms with Gasteiger partial charge in [0, 0.05) is 25.4 Å². The van der Waals surface area contributed by atoms with Crippen molar-refractivity contribution in [3.63, 3.8) is 0 Å². The molecule has 7 nitrogen and oxygen atoms in total. The Morgan fingerprint density at radius 3 is 2.25 bits per heavy atom. The summed E-state index contributed by atoms with van der Waals surface area (Å²) in [6.45, 7) is 1.73. The van der Waals surface area contributed by atoms with Crippen LogP contribution in [-0.2, 0) is 9.09 Å². The molecule has 0 amide bonds. The lowest BCUT2D eigenvalue weighted by atomic mass is 10.0. The first-order valence-corrected chi connectivity index (χ1v) is 9.21. The van der Waals surface area contributed by atoms with Crippen molar-refractivity contribution in [2.45, 2.75) is 0 Å². The molecule has 2 aliphatic heterocycles. The van der Waals surface area contributed by atoms with Gasteiger partial charge in [0.25, 0.3) is 0 Å². The third-order valence-electron chi connectivity index (χ3n) is 3.75. The van der Waals surface area contributed by atoms with Crippen LogP contribution in [0.5, 0.6) is 28.7 Å². The van der Waals surface area contributed by atoms with Gasteiger partial charge in [-0.2, -0.15) is 0 Å². The fourth-order valence-electron chi connectivity index (χ4n) is 2.50. The summed E-state index contributed by atoms with van der Waals surface area (Å²) in [6.07, 6.45) is 0. The number of hydrogen-bond donors (Lipinski definition) is 0. The first-order chi connectivity index (χ1) is 11.6. The van der Waals surface area contributed by atoms with E-state index < -0.39 is 7.60 Å². The highest BCUT2D eigenvalue weighted by atomic mass is 31.2. The Kier molecular flexibility index (Phi) is 3.55. The number of rotatable bonds is 4. The van der Waals surface area contributed by atoms with Crippen LogP contribution in [0.1, 0.15) is 0 Å². The monoisotopic (exact) mass is 350 g/mol. The van der Waals surface area contributed by atoms with Crippen molar-refractivity contribution in [1.82, 2.24) is 0 Å². The van der Waals surface area contributed by atoms with Gasteiger partial charge < -0.3 is 28.0 Å². The Hall–Kier alpha value is -2.37. The molecule has 2 heterocycles. The summed E-state index contributed by atoms with van der Waals surface area (Å²) in [5.74, 6) is 2.83. The number of benzene rings is 2. The summed E-state index contributed by atoms with van der Waals surface area (Å²) in [6, 6.07) is 8.95. The summed E-state index contributed by atoms with van der Waals surface area (Å²) in [5, 5.41) is 0. The molecule has 2 aromatic rings. The highest BCUT2D eigenvalue weighted by molar-refractivity contribution is 7.53. The van der Waals surface area contributed by atoms with E-state index in [4.69, 9.17) is 28.0 Å². The molecule has 0 saturated heterocycles. The summed E-state index contributed by atoms with van der Waals surface area (Å²) >= 11 is 0. The first-order valence-electron chi connectivity index (χ1n) is 7.22. The second-order valence-electron chi connectivity index (χ2n) is 5.31. The molecule has 0 aromatic heterocycles. The molecular formula is C16H15O7P. The molecule has 0 aliphatic carbocycles. The molecule has 24 heavy (non-hydrogen) atoms. The van der Waals surface area contributed by atoms with E-state index in [0.29, 0.717) is 34.3 Å². The van der Waals surface area contributed by atoms with Gasteiger partial charge in [0.1, 0.15) is 5.75 Å². The van der Waals surface area contributed by atoms with Crippen molar-refractivity contribution in [1.29, 1.82) is 0 Å². The minimum absolute atomic E-state index is 0.132. The van der Waals surface area contributed by atoms with E-state index in [0.717, 1.165) is 5.56 Å². The minimum Gasteiger partial charge on any atom is -0.454 e. The molecule has 8 heteroatoms. The van der Waals surface area contributed by atoms with E-state index in [2.05, 4.69) is 0 Å². The van der Waals surface area contributed by atoms with Crippen molar-refractivity contribution in [3.05, 3.63) is 30.3 Å². The molecule has 2 aromatic carbocycles. The summed E-state index contributed by atoms with van der Waals surface area (Å²) in [7, 11) is -1.89. The molecule has 1 unspecified atom stereocenters. The van der Waals surface area contributed by atoms with Crippen molar-refractivity contribution < 1.29 is 32.6 Å². The van der Waals surface area contributed by atoms with Crippen LogP contribution in [0.3, 0.4) is 0 Å². The second kappa shape index (κ2) is 5.61. The highest BCUT2D eigenvalue weighted by Gasteiger charge is 2.25. The molecule has 2 aliphatic rings. The molecular weight excluding hydrogens is 335 g/mol. The Labute approximate surface area is 138 Å². The number of fused-ring (bicyclic) bond motifs is 2. The van der Waals surface area contributed by atoms with Gasteiger partial charge in [-0.1, -0.05) is 6.07 Å². The maximum absolute atomic E-state index is 12.3. The topological polar surface area (TPSA) is 72.5 Å². The maximum Gasteiger partial charge on any atom is 0.375 e. The van der Waals surface area contributed by atoms with Gasteiger partial charge in [-0.3, -0.25) is 0 Å². The van der Waals surface area contributed by atoms with Gasteiger partial charge in [-0.25, -0.2) is 4.57 Å². The summed E-state index contributed by atoms with van der Waals surface area (Å²) < 4.78 is 44.4. The third-order valence-corrected chi connectivity index (χ3v) is 4.95. The van der Waals surface area contributed by atoms with E-state index in [-0.39, 0.29) is 13.6 Å². The summed E-state index contributed by atoms with van der Waals surface area (Å²) in [5.41, 5.74) is 1.50. The smallest absolute Gasteiger partial charge is 0.375 e. The zero-order chi connectivity index (χ0) is 16.7. The highest BCUT2D eigenvalue weighted by Crippen LogP contribution is 2.51. The molecule has 1 atom stereocenters. The second-order valence-corrected chi connectivity index (χ2v) is 7.41. The Balaban J connectivity index is 1.82. The van der Waals surface area contributed by atoms with Crippen molar-refractivity contribution in [2.24, 2.45) is 0 Å². The van der Waals surface area contributed by atoms with Gasteiger partial charge in [-0.05, 0) is 23.8 Å². The molecule has 0 bridgehead atoms. The molecule has 0 fully saturated rings. The van der Waals surface area contributed by atoms with E-state index in [1.807, 2.05) is 18.2 Å². The standard InChI is InChI=1S/C16H15O7P/c1-18-24(2,17)23-13-7-16-15(21-9-22-16)6-11(13)10-3-4-12-14(5-10)20-8-19-12/h3-7H,8-9H2,1-2H3. The van der Waals surface area contributed by atoms with E-state index in [1.54, 1.807) is 12.1 Å². The fourth-order valence-corrected chi connectivity index (χ4v) is 3.09. The largest absolute Gasteiger partial charge is 0.454 e. The third kappa shape index (κ3) is 2.66.